The fraction of sp³-hybridized carbons (Fsp3) is 0.667. The van der Waals surface area contributed by atoms with E-state index in [9.17, 15) is 13.2 Å². The Morgan fingerprint density at radius 1 is 1.50 bits per heavy atom. The summed E-state index contributed by atoms with van der Waals surface area (Å²) in [4.78, 5) is 21.8. The number of carbonyl (C=O) groups is 1. The third-order valence-electron chi connectivity index (χ3n) is 4.82. The van der Waals surface area contributed by atoms with Crippen molar-refractivity contribution in [3.05, 3.63) is 18.0 Å². The van der Waals surface area contributed by atoms with E-state index in [0.29, 0.717) is 12.2 Å². The average molecular weight is 371 g/mol. The second kappa shape index (κ2) is 6.51. The zero-order valence-electron chi connectivity index (χ0n) is 13.8. The zero-order valence-corrected chi connectivity index (χ0v) is 15.4. The Bertz CT molecular complexity index is 732. The molecule has 1 aromatic rings. The van der Waals surface area contributed by atoms with Gasteiger partial charge in [-0.3, -0.25) is 4.79 Å². The van der Waals surface area contributed by atoms with Crippen LogP contribution in [-0.2, 0) is 14.6 Å². The van der Waals surface area contributed by atoms with Crippen LogP contribution in [0.15, 0.2) is 12.3 Å². The second-order valence-corrected chi connectivity index (χ2v) is 9.66. The lowest BCUT2D eigenvalue weighted by Gasteiger charge is -2.49. The van der Waals surface area contributed by atoms with Crippen molar-refractivity contribution >= 4 is 27.5 Å². The minimum Gasteiger partial charge on any atom is -0.463 e. The number of hydrogen-bond acceptors (Lipinski definition) is 7. The molecule has 2 saturated heterocycles. The first kappa shape index (κ1) is 17.5. The van der Waals surface area contributed by atoms with E-state index in [1.54, 1.807) is 17.2 Å². The molecule has 1 spiro atoms. The van der Waals surface area contributed by atoms with E-state index in [4.69, 9.17) is 4.74 Å². The van der Waals surface area contributed by atoms with Gasteiger partial charge in [-0.25, -0.2) is 18.4 Å². The number of ether oxygens (including phenoxy) is 1. The van der Waals surface area contributed by atoms with Crippen molar-refractivity contribution in [2.45, 2.75) is 18.1 Å². The number of amides is 1. The molecular weight excluding hydrogens is 350 g/mol. The van der Waals surface area contributed by atoms with Gasteiger partial charge < -0.3 is 9.64 Å². The van der Waals surface area contributed by atoms with E-state index < -0.39 is 14.6 Å². The Labute approximate surface area is 146 Å². The monoisotopic (exact) mass is 371 g/mol. The van der Waals surface area contributed by atoms with Crippen LogP contribution >= 0.6 is 11.8 Å². The number of rotatable bonds is 5. The highest BCUT2D eigenvalue weighted by atomic mass is 32.2. The quantitative estimate of drug-likeness (QED) is 0.746. The van der Waals surface area contributed by atoms with E-state index in [2.05, 4.69) is 9.97 Å². The zero-order chi connectivity index (χ0) is 17.4. The normalized spacial score (nSPS) is 23.9. The first-order valence-corrected chi connectivity index (χ1v) is 10.8. The number of aromatic nitrogens is 2. The number of nitrogens with zero attached hydrogens (tertiary/aromatic N) is 3. The van der Waals surface area contributed by atoms with Gasteiger partial charge >= 0.3 is 6.01 Å². The molecule has 1 aromatic heterocycles. The first-order chi connectivity index (χ1) is 11.4. The number of hydrogen-bond donors (Lipinski definition) is 0. The predicted octanol–water partition coefficient (Wildman–Crippen LogP) is 0.543. The number of aryl methyl sites for hydroxylation is 1. The van der Waals surface area contributed by atoms with E-state index in [0.717, 1.165) is 5.69 Å². The van der Waals surface area contributed by atoms with Crippen molar-refractivity contribution in [1.29, 1.82) is 0 Å². The van der Waals surface area contributed by atoms with Crippen LogP contribution in [0.4, 0.5) is 0 Å². The predicted molar refractivity (Wildman–Crippen MR) is 91.9 cm³/mol. The van der Waals surface area contributed by atoms with Gasteiger partial charge in [0.05, 0.1) is 18.1 Å². The number of thioether (sulfide) groups is 1. The maximum Gasteiger partial charge on any atom is 0.316 e. The van der Waals surface area contributed by atoms with Crippen molar-refractivity contribution in [2.75, 3.05) is 37.5 Å². The van der Waals surface area contributed by atoms with E-state index in [-0.39, 0.29) is 43.3 Å². The summed E-state index contributed by atoms with van der Waals surface area (Å²) in [6, 6.07) is 2.04. The Morgan fingerprint density at radius 3 is 2.92 bits per heavy atom. The molecule has 1 atom stereocenters. The number of likely N-dealkylation sites (tertiary alicyclic amines) is 1. The van der Waals surface area contributed by atoms with Crippen LogP contribution in [0.1, 0.15) is 12.1 Å². The standard InChI is InChI=1S/C15H21N3O4S2/c1-11-3-5-16-14(17-11)22-7-12-4-6-24(20,21)15(12)9-18(10-15)13(19)8-23-2/h3,5,12H,4,6-10H2,1-2H3/t12-/m0/s1. The maximum absolute atomic E-state index is 12.5. The van der Waals surface area contributed by atoms with Crippen LogP contribution in [0, 0.1) is 12.8 Å². The summed E-state index contributed by atoms with van der Waals surface area (Å²) < 4.78 is 29.9. The summed E-state index contributed by atoms with van der Waals surface area (Å²) >= 11 is 1.45. The van der Waals surface area contributed by atoms with Crippen LogP contribution in [-0.4, -0.2) is 71.4 Å². The van der Waals surface area contributed by atoms with Gasteiger partial charge in [0.2, 0.25) is 5.91 Å². The molecule has 0 aromatic carbocycles. The molecular formula is C15H21N3O4S2. The van der Waals surface area contributed by atoms with Gasteiger partial charge in [-0.1, -0.05) is 0 Å². The molecule has 1 amide bonds. The number of carbonyl (C=O) groups excluding carboxylic acids is 1. The van der Waals surface area contributed by atoms with Crippen LogP contribution in [0.3, 0.4) is 0 Å². The lowest BCUT2D eigenvalue weighted by molar-refractivity contribution is -0.134. The summed E-state index contributed by atoms with van der Waals surface area (Å²) in [6.45, 7) is 2.65. The van der Waals surface area contributed by atoms with E-state index in [1.807, 2.05) is 13.2 Å². The summed E-state index contributed by atoms with van der Waals surface area (Å²) in [7, 11) is -3.21. The summed E-state index contributed by atoms with van der Waals surface area (Å²) in [5, 5.41) is 0. The Kier molecular flexibility index (Phi) is 4.74. The largest absolute Gasteiger partial charge is 0.463 e. The van der Waals surface area contributed by atoms with Crippen LogP contribution in [0.25, 0.3) is 0 Å². The smallest absolute Gasteiger partial charge is 0.316 e. The van der Waals surface area contributed by atoms with Gasteiger partial charge in [-0.15, -0.1) is 0 Å². The van der Waals surface area contributed by atoms with Crippen LogP contribution < -0.4 is 4.74 Å². The molecule has 0 saturated carbocycles. The van der Waals surface area contributed by atoms with Gasteiger partial charge in [0, 0.05) is 30.9 Å². The first-order valence-electron chi connectivity index (χ1n) is 7.79. The van der Waals surface area contributed by atoms with Gasteiger partial charge in [-0.05, 0) is 25.7 Å². The van der Waals surface area contributed by atoms with Gasteiger partial charge in [0.1, 0.15) is 4.75 Å². The SMILES string of the molecule is CSCC(=O)N1CC2(C1)[C@H](COc1nccc(C)n1)CCS2(=O)=O. The van der Waals surface area contributed by atoms with Gasteiger partial charge in [-0.2, -0.15) is 11.8 Å². The molecule has 9 heteroatoms. The third kappa shape index (κ3) is 2.99. The minimum atomic E-state index is -3.21. The van der Waals surface area contributed by atoms with E-state index >= 15 is 0 Å². The molecule has 24 heavy (non-hydrogen) atoms. The van der Waals surface area contributed by atoms with Crippen molar-refractivity contribution in [1.82, 2.24) is 14.9 Å². The highest BCUT2D eigenvalue weighted by molar-refractivity contribution is 7.99. The Hall–Kier alpha value is -1.35. The molecule has 132 valence electrons. The van der Waals surface area contributed by atoms with Crippen molar-refractivity contribution in [3.8, 4) is 6.01 Å². The summed E-state index contributed by atoms with van der Waals surface area (Å²) in [6.07, 6.45) is 4.03. The molecule has 3 rings (SSSR count). The Balaban J connectivity index is 1.68. The molecule has 7 nitrogen and oxygen atoms in total. The Morgan fingerprint density at radius 2 is 2.25 bits per heavy atom. The van der Waals surface area contributed by atoms with Gasteiger partial charge in [0.15, 0.2) is 9.84 Å². The third-order valence-corrected chi connectivity index (χ3v) is 7.96. The van der Waals surface area contributed by atoms with E-state index in [1.165, 1.54) is 11.8 Å². The molecule has 0 aliphatic carbocycles. The van der Waals surface area contributed by atoms with Crippen LogP contribution in [0.2, 0.25) is 0 Å². The van der Waals surface area contributed by atoms with Crippen molar-refractivity contribution in [2.24, 2.45) is 5.92 Å². The molecule has 2 aliphatic heterocycles. The molecule has 2 aliphatic rings. The van der Waals surface area contributed by atoms with Crippen LogP contribution in [0.5, 0.6) is 6.01 Å². The fourth-order valence-electron chi connectivity index (χ4n) is 3.37. The van der Waals surface area contributed by atoms with Crippen molar-refractivity contribution < 1.29 is 17.9 Å². The van der Waals surface area contributed by atoms with Crippen molar-refractivity contribution in [3.63, 3.8) is 0 Å². The second-order valence-electron chi connectivity index (χ2n) is 6.34. The molecule has 0 bridgehead atoms. The lowest BCUT2D eigenvalue weighted by Crippen LogP contribution is -2.69. The summed E-state index contributed by atoms with van der Waals surface area (Å²) in [5.74, 6) is 0.399. The van der Waals surface area contributed by atoms with Gasteiger partial charge in [0.25, 0.3) is 0 Å². The lowest BCUT2D eigenvalue weighted by atomic mass is 9.83. The molecule has 0 unspecified atom stereocenters. The topological polar surface area (TPSA) is 89.5 Å². The molecule has 3 heterocycles. The highest BCUT2D eigenvalue weighted by Crippen LogP contribution is 2.44. The minimum absolute atomic E-state index is 0.00286. The molecule has 0 N–H and O–H groups in total. The fourth-order valence-corrected chi connectivity index (χ4v) is 6.20. The maximum atomic E-state index is 12.5. The number of sulfone groups is 1. The average Bonchev–Trinajstić information content (AvgIpc) is 2.74. The highest BCUT2D eigenvalue weighted by Gasteiger charge is 2.62. The summed E-state index contributed by atoms with van der Waals surface area (Å²) in [5.41, 5.74) is 0.797. The molecule has 0 radical (unpaired) electrons. The molecule has 2 fully saturated rings.